The van der Waals surface area contributed by atoms with Gasteiger partial charge in [0.2, 0.25) is 5.91 Å². The van der Waals surface area contributed by atoms with Crippen LogP contribution in [0.1, 0.15) is 32.4 Å². The number of carboxylic acid groups (broad SMARTS) is 1. The van der Waals surface area contributed by atoms with Crippen molar-refractivity contribution in [2.24, 2.45) is 0 Å². The number of benzene rings is 1. The molecule has 9 nitrogen and oxygen atoms in total. The molecule has 3 rings (SSSR count). The molecule has 1 saturated heterocycles. The van der Waals surface area contributed by atoms with Crippen molar-refractivity contribution in [2.45, 2.75) is 43.8 Å². The van der Waals surface area contributed by atoms with Crippen LogP contribution in [0.3, 0.4) is 0 Å². The van der Waals surface area contributed by atoms with Crippen molar-refractivity contribution in [3.63, 3.8) is 0 Å². The van der Waals surface area contributed by atoms with Crippen LogP contribution in [0.5, 0.6) is 0 Å². The van der Waals surface area contributed by atoms with Crippen molar-refractivity contribution in [2.75, 3.05) is 11.6 Å². The molecule has 1 aromatic carbocycles. The van der Waals surface area contributed by atoms with Gasteiger partial charge < -0.3 is 20.5 Å². The highest BCUT2D eigenvalue weighted by atomic mass is 35.5. The summed E-state index contributed by atoms with van der Waals surface area (Å²) in [6, 6.07) is 6.52. The van der Waals surface area contributed by atoms with Gasteiger partial charge in [0.15, 0.2) is 0 Å². The van der Waals surface area contributed by atoms with Crippen LogP contribution >= 0.6 is 23.4 Å². The highest BCUT2D eigenvalue weighted by Crippen LogP contribution is 2.40. The summed E-state index contributed by atoms with van der Waals surface area (Å²) in [4.78, 5) is 51.4. The number of carboxylic acids is 1. The molecule has 1 fully saturated rings. The van der Waals surface area contributed by atoms with Gasteiger partial charge in [0.05, 0.1) is 0 Å². The number of alkyl carbamates (subject to hydrolysis) is 1. The second-order valence-corrected chi connectivity index (χ2v) is 10.0. The number of thioether (sulfide) groups is 1. The molecule has 1 aromatic rings. The number of alkyl halides is 1. The number of ether oxygens (including phenoxy) is 1. The number of hydrogen-bond acceptors (Lipinski definition) is 6. The van der Waals surface area contributed by atoms with E-state index in [0.717, 1.165) is 0 Å². The fourth-order valence-corrected chi connectivity index (χ4v) is 4.97. The lowest BCUT2D eigenvalue weighted by molar-refractivity contribution is -0.150. The zero-order valence-electron chi connectivity index (χ0n) is 18.9. The molecule has 0 saturated carbocycles. The van der Waals surface area contributed by atoms with E-state index in [-0.39, 0.29) is 11.6 Å². The zero-order valence-corrected chi connectivity index (χ0v) is 20.5. The Balaban J connectivity index is 1.79. The molecule has 0 aromatic heterocycles. The number of halogens is 1. The Morgan fingerprint density at radius 1 is 1.29 bits per heavy atom. The molecule has 2 aliphatic rings. The van der Waals surface area contributed by atoms with Gasteiger partial charge in [0.25, 0.3) is 5.91 Å². The van der Waals surface area contributed by atoms with Crippen LogP contribution < -0.4 is 10.6 Å². The minimum Gasteiger partial charge on any atom is -0.477 e. The van der Waals surface area contributed by atoms with Gasteiger partial charge in [-0.25, -0.2) is 9.59 Å². The number of allylic oxidation sites excluding steroid dienone is 2. The number of β-lactam (4-membered cyclic amide) rings is 1. The highest BCUT2D eigenvalue weighted by Gasteiger charge is 2.54. The molecule has 182 valence electrons. The van der Waals surface area contributed by atoms with E-state index in [1.54, 1.807) is 63.3 Å². The van der Waals surface area contributed by atoms with Crippen LogP contribution in [-0.2, 0) is 19.1 Å². The first-order valence-corrected chi connectivity index (χ1v) is 12.1. The average molecular weight is 508 g/mol. The summed E-state index contributed by atoms with van der Waals surface area (Å²) < 4.78 is 5.28. The molecule has 0 aliphatic carbocycles. The lowest BCUT2D eigenvalue weighted by Gasteiger charge is -2.49. The molecule has 11 heteroatoms. The van der Waals surface area contributed by atoms with E-state index in [1.165, 1.54) is 16.7 Å². The van der Waals surface area contributed by atoms with Gasteiger partial charge in [-0.05, 0) is 31.9 Å². The first-order valence-electron chi connectivity index (χ1n) is 10.5. The van der Waals surface area contributed by atoms with Gasteiger partial charge in [-0.3, -0.25) is 14.5 Å². The van der Waals surface area contributed by atoms with Crippen LogP contribution in [0, 0.1) is 0 Å². The van der Waals surface area contributed by atoms with Crippen molar-refractivity contribution in [1.82, 2.24) is 15.5 Å². The Kier molecular flexibility index (Phi) is 7.93. The fraction of sp³-hybridized carbons (Fsp3) is 0.391. The third kappa shape index (κ3) is 5.74. The van der Waals surface area contributed by atoms with E-state index in [4.69, 9.17) is 16.3 Å². The number of nitrogens with one attached hydrogen (secondary N) is 2. The number of aliphatic carboxylic acids is 1. The quantitative estimate of drug-likeness (QED) is 0.383. The van der Waals surface area contributed by atoms with Gasteiger partial charge in [-0.1, -0.05) is 42.5 Å². The summed E-state index contributed by atoms with van der Waals surface area (Å²) in [5.74, 6) is -1.82. The first kappa shape index (κ1) is 25.6. The summed E-state index contributed by atoms with van der Waals surface area (Å²) in [7, 11) is 0. The largest absolute Gasteiger partial charge is 0.477 e. The first-order chi connectivity index (χ1) is 16.0. The van der Waals surface area contributed by atoms with Crippen molar-refractivity contribution in [3.05, 3.63) is 59.3 Å². The second-order valence-electron chi connectivity index (χ2n) is 8.62. The molecule has 0 radical (unpaired) electrons. The third-order valence-electron chi connectivity index (χ3n) is 4.96. The van der Waals surface area contributed by atoms with Gasteiger partial charge in [-0.15, -0.1) is 23.4 Å². The molecule has 3 atom stereocenters. The molecular weight excluding hydrogens is 482 g/mol. The second kappa shape index (κ2) is 10.5. The number of rotatable bonds is 7. The Morgan fingerprint density at radius 3 is 2.56 bits per heavy atom. The lowest BCUT2D eigenvalue weighted by atomic mass is 10.0. The smallest absolute Gasteiger partial charge is 0.408 e. The maximum Gasteiger partial charge on any atom is 0.408 e. The summed E-state index contributed by atoms with van der Waals surface area (Å²) in [6.07, 6.45) is 2.42. The minimum absolute atomic E-state index is 0.118. The van der Waals surface area contributed by atoms with Crippen molar-refractivity contribution >= 4 is 47.2 Å². The standard InChI is InChI=1S/C23H26ClN3O6S/c1-23(2,3)33-22(32)26-15(13-8-5-4-6-9-13)18(28)25-16-19(29)27-17(21(30)31)14(10-7-11-24)12-34-20(16)27/h4-10,15-16,20H,11-12H2,1-3H3,(H,25,28)(H,26,32)(H,30,31)/b10-7-/t15?,16-,20-/m1/s1. The number of fused-ring (bicyclic) bond motifs is 1. The Morgan fingerprint density at radius 2 is 1.97 bits per heavy atom. The fourth-order valence-electron chi connectivity index (χ4n) is 3.57. The maximum absolute atomic E-state index is 13.2. The molecule has 2 aliphatic heterocycles. The third-order valence-corrected chi connectivity index (χ3v) is 6.44. The van der Waals surface area contributed by atoms with Crippen LogP contribution in [0.2, 0.25) is 0 Å². The molecule has 0 spiro atoms. The Hall–Kier alpha value is -2.98. The van der Waals surface area contributed by atoms with Gasteiger partial charge >= 0.3 is 12.1 Å². The molecule has 1 unspecified atom stereocenters. The molecule has 34 heavy (non-hydrogen) atoms. The van der Waals surface area contributed by atoms with Gasteiger partial charge in [0.1, 0.15) is 28.8 Å². The summed E-state index contributed by atoms with van der Waals surface area (Å²) in [5, 5.41) is 14.3. The van der Waals surface area contributed by atoms with E-state index >= 15 is 0 Å². The summed E-state index contributed by atoms with van der Waals surface area (Å²) in [5.41, 5.74) is 0.0963. The number of hydrogen-bond donors (Lipinski definition) is 3. The number of amides is 3. The van der Waals surface area contributed by atoms with Gasteiger partial charge in [-0.2, -0.15) is 0 Å². The Labute approximate surface area is 206 Å². The van der Waals surface area contributed by atoms with Crippen LogP contribution in [0.15, 0.2) is 53.8 Å². The van der Waals surface area contributed by atoms with E-state index in [1.807, 2.05) is 0 Å². The van der Waals surface area contributed by atoms with Crippen molar-refractivity contribution < 1.29 is 29.0 Å². The molecule has 3 N–H and O–H groups in total. The topological polar surface area (TPSA) is 125 Å². The number of carbonyl (C=O) groups is 4. The SMILES string of the molecule is CC(C)(C)OC(=O)NC(C(=O)N[C@@H]1C(=O)N2C(C(=O)O)=C(/C=C\CCl)CS[C@H]12)c1ccccc1. The molecular formula is C23H26ClN3O6S. The zero-order chi connectivity index (χ0) is 25.0. The van der Waals surface area contributed by atoms with Crippen LogP contribution in [-0.4, -0.2) is 62.5 Å². The minimum atomic E-state index is -1.23. The molecule has 3 amide bonds. The molecule has 2 heterocycles. The van der Waals surface area contributed by atoms with E-state index < -0.39 is 46.9 Å². The Bertz CT molecular complexity index is 1040. The average Bonchev–Trinajstić information content (AvgIpc) is 2.78. The van der Waals surface area contributed by atoms with Crippen molar-refractivity contribution in [3.8, 4) is 0 Å². The predicted octanol–water partition coefficient (Wildman–Crippen LogP) is 2.79. The monoisotopic (exact) mass is 507 g/mol. The van der Waals surface area contributed by atoms with E-state index in [0.29, 0.717) is 16.9 Å². The lowest BCUT2D eigenvalue weighted by Crippen LogP contribution is -2.71. The number of carbonyl (C=O) groups excluding carboxylic acids is 3. The normalized spacial score (nSPS) is 20.9. The van der Waals surface area contributed by atoms with E-state index in [9.17, 15) is 24.3 Å². The predicted molar refractivity (Wildman–Crippen MR) is 128 cm³/mol. The molecule has 0 bridgehead atoms. The van der Waals surface area contributed by atoms with Crippen molar-refractivity contribution in [1.29, 1.82) is 0 Å². The van der Waals surface area contributed by atoms with Crippen LogP contribution in [0.25, 0.3) is 0 Å². The van der Waals surface area contributed by atoms with Crippen LogP contribution in [0.4, 0.5) is 4.79 Å². The van der Waals surface area contributed by atoms with Gasteiger partial charge in [0, 0.05) is 11.6 Å². The summed E-state index contributed by atoms with van der Waals surface area (Å²) in [6.45, 7) is 5.11. The number of nitrogens with zero attached hydrogens (tertiary/aromatic N) is 1. The van der Waals surface area contributed by atoms with E-state index in [2.05, 4.69) is 10.6 Å². The summed E-state index contributed by atoms with van der Waals surface area (Å²) >= 11 is 7.00. The maximum atomic E-state index is 13.2. The highest BCUT2D eigenvalue weighted by molar-refractivity contribution is 8.00.